The first-order valence-corrected chi connectivity index (χ1v) is 11.1. The molecule has 0 saturated heterocycles. The molecule has 7 heteroatoms. The lowest BCUT2D eigenvalue weighted by atomic mass is 10.1. The summed E-state index contributed by atoms with van der Waals surface area (Å²) in [4.78, 5) is 16.3. The average molecular weight is 495 g/mol. The van der Waals surface area contributed by atoms with E-state index in [1.54, 1.807) is 10.8 Å². The molecule has 6 nitrogen and oxygen atoms in total. The van der Waals surface area contributed by atoms with Crippen molar-refractivity contribution in [2.24, 2.45) is 0 Å². The normalized spacial score (nSPS) is 11.9. The number of ether oxygens (including phenoxy) is 1. The van der Waals surface area contributed by atoms with E-state index in [-0.39, 0.29) is 0 Å². The van der Waals surface area contributed by atoms with Gasteiger partial charge in [-0.25, -0.2) is 9.78 Å². The molecular formula is C25H23BrN2O4. The molecular weight excluding hydrogens is 472 g/mol. The highest BCUT2D eigenvalue weighted by molar-refractivity contribution is 9.10. The maximum atomic E-state index is 11.7. The van der Waals surface area contributed by atoms with Gasteiger partial charge in [-0.2, -0.15) is 0 Å². The van der Waals surface area contributed by atoms with Gasteiger partial charge in [-0.1, -0.05) is 30.3 Å². The van der Waals surface area contributed by atoms with Gasteiger partial charge in [0.15, 0.2) is 0 Å². The fraction of sp³-hybridized carbons (Fsp3) is 0.200. The van der Waals surface area contributed by atoms with Gasteiger partial charge in [-0.3, -0.25) is 0 Å². The Morgan fingerprint density at radius 1 is 1.12 bits per heavy atom. The number of hydrogen-bond donors (Lipinski definition) is 1. The van der Waals surface area contributed by atoms with E-state index < -0.39 is 12.0 Å². The van der Waals surface area contributed by atoms with Crippen molar-refractivity contribution in [2.45, 2.75) is 25.8 Å². The fourth-order valence-corrected chi connectivity index (χ4v) is 4.02. The molecule has 164 valence electrons. The van der Waals surface area contributed by atoms with E-state index in [9.17, 15) is 9.90 Å². The van der Waals surface area contributed by atoms with E-state index in [0.29, 0.717) is 25.3 Å². The van der Waals surface area contributed by atoms with Crippen LogP contribution in [0.5, 0.6) is 5.75 Å². The molecule has 1 atom stereocenters. The van der Waals surface area contributed by atoms with E-state index >= 15 is 0 Å². The molecule has 0 fully saturated rings. The van der Waals surface area contributed by atoms with Crippen molar-refractivity contribution >= 4 is 21.9 Å². The van der Waals surface area contributed by atoms with Crippen LogP contribution in [0, 0.1) is 6.92 Å². The summed E-state index contributed by atoms with van der Waals surface area (Å²) in [5, 5.41) is 9.63. The fourth-order valence-electron chi connectivity index (χ4n) is 3.50. The second kappa shape index (κ2) is 9.87. The third kappa shape index (κ3) is 5.11. The van der Waals surface area contributed by atoms with Gasteiger partial charge in [0.25, 0.3) is 0 Å². The number of nitrogens with zero attached hydrogens (tertiary/aromatic N) is 2. The van der Waals surface area contributed by atoms with Crippen LogP contribution in [-0.2, 0) is 17.6 Å². The lowest BCUT2D eigenvalue weighted by Crippen LogP contribution is -2.21. The number of aryl methyl sites for hydroxylation is 1. The predicted octanol–water partition coefficient (Wildman–Crippen LogP) is 5.70. The summed E-state index contributed by atoms with van der Waals surface area (Å²) in [5.74, 6) is 1.26. The highest BCUT2D eigenvalue weighted by Crippen LogP contribution is 2.24. The Hall–Kier alpha value is -3.32. The zero-order valence-corrected chi connectivity index (χ0v) is 19.2. The molecule has 1 N–H and O–H groups in total. The zero-order chi connectivity index (χ0) is 22.5. The number of rotatable bonds is 9. The van der Waals surface area contributed by atoms with Crippen LogP contribution in [0.4, 0.5) is 0 Å². The Bertz CT molecular complexity index is 1180. The molecule has 0 unspecified atom stereocenters. The van der Waals surface area contributed by atoms with Crippen LogP contribution in [0.2, 0.25) is 0 Å². The number of halogens is 1. The maximum Gasteiger partial charge on any atom is 0.327 e. The van der Waals surface area contributed by atoms with Crippen LogP contribution in [0.3, 0.4) is 0 Å². The highest BCUT2D eigenvalue weighted by Gasteiger charge is 2.21. The molecule has 4 aromatic rings. The Kier molecular flexibility index (Phi) is 6.75. The molecule has 0 aliphatic rings. The van der Waals surface area contributed by atoms with Gasteiger partial charge in [-0.15, -0.1) is 0 Å². The number of carboxylic acid groups (broad SMARTS) is 1. The summed E-state index contributed by atoms with van der Waals surface area (Å²) in [6, 6.07) is 20.3. The van der Waals surface area contributed by atoms with Crippen molar-refractivity contribution in [3.05, 3.63) is 94.5 Å². The summed E-state index contributed by atoms with van der Waals surface area (Å²) >= 11 is 3.40. The molecule has 2 aromatic carbocycles. The number of aliphatic carboxylic acids is 1. The Labute approximate surface area is 194 Å². The van der Waals surface area contributed by atoms with Gasteiger partial charge in [0.1, 0.15) is 17.6 Å². The van der Waals surface area contributed by atoms with Gasteiger partial charge >= 0.3 is 5.97 Å². The summed E-state index contributed by atoms with van der Waals surface area (Å²) < 4.78 is 14.1. The molecule has 32 heavy (non-hydrogen) atoms. The number of carbonyl (C=O) groups is 1. The van der Waals surface area contributed by atoms with Gasteiger partial charge in [0.05, 0.1) is 16.9 Å². The quantitative estimate of drug-likeness (QED) is 0.322. The third-order valence-electron chi connectivity index (χ3n) is 5.22. The Morgan fingerprint density at radius 3 is 2.53 bits per heavy atom. The van der Waals surface area contributed by atoms with E-state index in [0.717, 1.165) is 32.9 Å². The van der Waals surface area contributed by atoms with E-state index in [2.05, 4.69) is 20.9 Å². The second-order valence-electron chi connectivity index (χ2n) is 7.43. The SMILES string of the molecule is Cc1oc(-c2ccccc2)nc1CCOc1ccc(C[C@@H](C(=O)O)n2cccc2Br)cc1. The van der Waals surface area contributed by atoms with Crippen molar-refractivity contribution < 1.29 is 19.1 Å². The van der Waals surface area contributed by atoms with Gasteiger partial charge in [0.2, 0.25) is 5.89 Å². The van der Waals surface area contributed by atoms with Crippen molar-refractivity contribution in [1.82, 2.24) is 9.55 Å². The third-order valence-corrected chi connectivity index (χ3v) is 5.90. The molecule has 2 aromatic heterocycles. The topological polar surface area (TPSA) is 77.5 Å². The van der Waals surface area contributed by atoms with E-state index in [1.165, 1.54) is 0 Å². The monoisotopic (exact) mass is 494 g/mol. The van der Waals surface area contributed by atoms with Crippen molar-refractivity contribution in [3.63, 3.8) is 0 Å². The van der Waals surface area contributed by atoms with Crippen LogP contribution >= 0.6 is 15.9 Å². The minimum absolute atomic E-state index is 0.378. The number of carboxylic acids is 1. The first-order valence-electron chi connectivity index (χ1n) is 10.3. The number of benzene rings is 2. The predicted molar refractivity (Wildman–Crippen MR) is 125 cm³/mol. The van der Waals surface area contributed by atoms with E-state index in [4.69, 9.17) is 9.15 Å². The average Bonchev–Trinajstić information content (AvgIpc) is 3.39. The summed E-state index contributed by atoms with van der Waals surface area (Å²) in [6.45, 7) is 2.38. The molecule has 0 aliphatic heterocycles. The van der Waals surface area contributed by atoms with Crippen molar-refractivity contribution in [2.75, 3.05) is 6.61 Å². The summed E-state index contributed by atoms with van der Waals surface area (Å²) in [7, 11) is 0. The molecule has 0 saturated carbocycles. The second-order valence-corrected chi connectivity index (χ2v) is 8.24. The molecule has 0 radical (unpaired) electrons. The van der Waals surface area contributed by atoms with Crippen molar-refractivity contribution in [1.29, 1.82) is 0 Å². The highest BCUT2D eigenvalue weighted by atomic mass is 79.9. The van der Waals surface area contributed by atoms with Crippen LogP contribution in [-0.4, -0.2) is 27.2 Å². The number of oxazole rings is 1. The zero-order valence-electron chi connectivity index (χ0n) is 17.6. The number of aromatic nitrogens is 2. The summed E-state index contributed by atoms with van der Waals surface area (Å²) in [6.07, 6.45) is 2.77. The van der Waals surface area contributed by atoms with Gasteiger partial charge in [0, 0.05) is 24.6 Å². The number of hydrogen-bond acceptors (Lipinski definition) is 4. The standard InChI is InChI=1S/C25H23BrN2O4/c1-17-21(27-24(32-17)19-6-3-2-4-7-19)13-15-31-20-11-9-18(10-12-20)16-22(25(29)30)28-14-5-8-23(28)26/h2-12,14,22H,13,15-16H2,1H3,(H,29,30)/t22-/m0/s1. The van der Waals surface area contributed by atoms with Crippen LogP contribution in [0.15, 0.2) is 81.9 Å². The first-order chi connectivity index (χ1) is 15.5. The lowest BCUT2D eigenvalue weighted by molar-refractivity contribution is -0.140. The first kappa shape index (κ1) is 21.9. The van der Waals surface area contributed by atoms with Gasteiger partial charge < -0.3 is 18.8 Å². The minimum Gasteiger partial charge on any atom is -0.493 e. The van der Waals surface area contributed by atoms with Crippen LogP contribution < -0.4 is 4.74 Å². The van der Waals surface area contributed by atoms with Gasteiger partial charge in [-0.05, 0) is 64.8 Å². The Morgan fingerprint density at radius 2 is 1.88 bits per heavy atom. The summed E-state index contributed by atoms with van der Waals surface area (Å²) in [5.41, 5.74) is 2.75. The Balaban J connectivity index is 1.34. The molecule has 0 amide bonds. The maximum absolute atomic E-state index is 11.7. The smallest absolute Gasteiger partial charge is 0.327 e. The van der Waals surface area contributed by atoms with E-state index in [1.807, 2.05) is 73.7 Å². The van der Waals surface area contributed by atoms with Crippen LogP contribution in [0.1, 0.15) is 23.1 Å². The molecule has 0 aliphatic carbocycles. The molecule has 4 rings (SSSR count). The molecule has 0 bridgehead atoms. The minimum atomic E-state index is -0.875. The molecule has 0 spiro atoms. The van der Waals surface area contributed by atoms with Crippen molar-refractivity contribution in [3.8, 4) is 17.2 Å². The molecule has 2 heterocycles. The largest absolute Gasteiger partial charge is 0.493 e. The van der Waals surface area contributed by atoms with Crippen LogP contribution in [0.25, 0.3) is 11.5 Å². The lowest BCUT2D eigenvalue weighted by Gasteiger charge is -2.16.